The molecule has 0 unspecified atom stereocenters. The van der Waals surface area contributed by atoms with Crippen LogP contribution < -0.4 is 10.1 Å². The Morgan fingerprint density at radius 2 is 1.77 bits per heavy atom. The molecule has 0 saturated heterocycles. The largest absolute Gasteiger partial charge is 0.482 e. The highest BCUT2D eigenvalue weighted by Gasteiger charge is 2.20. The molecule has 1 aliphatic rings. The van der Waals surface area contributed by atoms with Crippen molar-refractivity contribution in [2.24, 2.45) is 0 Å². The Balaban J connectivity index is 1.50. The van der Waals surface area contributed by atoms with Gasteiger partial charge in [-0.15, -0.1) is 0 Å². The predicted octanol–water partition coefficient (Wildman–Crippen LogP) is 2.29. The van der Waals surface area contributed by atoms with Crippen molar-refractivity contribution in [3.63, 3.8) is 0 Å². The summed E-state index contributed by atoms with van der Waals surface area (Å²) >= 11 is 0. The number of nitrogens with one attached hydrogen (secondary N) is 1. The second-order valence-corrected chi connectivity index (χ2v) is 9.67. The maximum Gasteiger partial charge on any atom is 0.344 e. The van der Waals surface area contributed by atoms with E-state index >= 15 is 0 Å². The van der Waals surface area contributed by atoms with Crippen molar-refractivity contribution in [1.29, 1.82) is 0 Å². The van der Waals surface area contributed by atoms with Gasteiger partial charge in [0.1, 0.15) is 5.75 Å². The van der Waals surface area contributed by atoms with Crippen LogP contribution in [0, 0.1) is 6.92 Å². The Labute approximate surface area is 182 Å². The molecule has 166 valence electrons. The maximum atomic E-state index is 12.4. The molecule has 0 heterocycles. The molecule has 0 spiro atoms. The summed E-state index contributed by atoms with van der Waals surface area (Å²) in [7, 11) is -0.779. The summed E-state index contributed by atoms with van der Waals surface area (Å²) in [5.74, 6) is -0.658. The summed E-state index contributed by atoms with van der Waals surface area (Å²) in [4.78, 5) is 24.1. The van der Waals surface area contributed by atoms with Crippen LogP contribution in [0.4, 0.5) is 5.69 Å². The van der Waals surface area contributed by atoms with Crippen LogP contribution in [0.1, 0.15) is 23.1 Å². The first-order valence-electron chi connectivity index (χ1n) is 9.90. The van der Waals surface area contributed by atoms with Crippen LogP contribution in [0.2, 0.25) is 0 Å². The molecule has 0 atom stereocenters. The first-order chi connectivity index (χ1) is 14.7. The lowest BCUT2D eigenvalue weighted by Gasteiger charge is -2.15. The van der Waals surface area contributed by atoms with E-state index < -0.39 is 28.5 Å². The molecular weight excluding hydrogens is 420 g/mol. The van der Waals surface area contributed by atoms with Crippen molar-refractivity contribution in [3.05, 3.63) is 53.1 Å². The Hall–Kier alpha value is -2.91. The van der Waals surface area contributed by atoms with E-state index in [4.69, 9.17) is 9.47 Å². The van der Waals surface area contributed by atoms with Gasteiger partial charge in [-0.2, -0.15) is 0 Å². The van der Waals surface area contributed by atoms with Gasteiger partial charge in [0.15, 0.2) is 13.2 Å². The highest BCUT2D eigenvalue weighted by Crippen LogP contribution is 2.26. The van der Waals surface area contributed by atoms with Gasteiger partial charge in [-0.05, 0) is 67.1 Å². The summed E-state index contributed by atoms with van der Waals surface area (Å²) < 4.78 is 36.3. The predicted molar refractivity (Wildman–Crippen MR) is 116 cm³/mol. The van der Waals surface area contributed by atoms with Gasteiger partial charge in [-0.1, -0.05) is 12.1 Å². The molecule has 0 aromatic heterocycles. The van der Waals surface area contributed by atoms with Crippen molar-refractivity contribution in [3.8, 4) is 5.75 Å². The fourth-order valence-electron chi connectivity index (χ4n) is 3.32. The third-order valence-electron chi connectivity index (χ3n) is 5.02. The first kappa shape index (κ1) is 22.8. The Morgan fingerprint density at radius 3 is 2.52 bits per heavy atom. The van der Waals surface area contributed by atoms with E-state index in [0.717, 1.165) is 23.6 Å². The molecule has 0 saturated carbocycles. The second kappa shape index (κ2) is 9.49. The number of anilines is 1. The van der Waals surface area contributed by atoms with Crippen molar-refractivity contribution in [1.82, 2.24) is 4.31 Å². The van der Waals surface area contributed by atoms with E-state index in [9.17, 15) is 18.0 Å². The summed E-state index contributed by atoms with van der Waals surface area (Å²) in [6.07, 6.45) is 3.20. The first-order valence-corrected chi connectivity index (χ1v) is 11.3. The van der Waals surface area contributed by atoms with Crippen LogP contribution in [0.3, 0.4) is 0 Å². The number of carbonyl (C=O) groups is 2. The molecule has 1 amide bonds. The molecule has 31 heavy (non-hydrogen) atoms. The van der Waals surface area contributed by atoms with Crippen molar-refractivity contribution < 1.29 is 27.5 Å². The minimum atomic E-state index is -3.65. The molecule has 9 heteroatoms. The quantitative estimate of drug-likeness (QED) is 0.625. The summed E-state index contributed by atoms with van der Waals surface area (Å²) in [5.41, 5.74) is 3.39. The number of esters is 1. The molecular formula is C22H26N2O6S. The monoisotopic (exact) mass is 446 g/mol. The lowest BCUT2D eigenvalue weighted by atomic mass is 10.1. The van der Waals surface area contributed by atoms with Crippen LogP contribution in [-0.2, 0) is 37.2 Å². The highest BCUT2D eigenvalue weighted by molar-refractivity contribution is 7.89. The van der Waals surface area contributed by atoms with Crippen LogP contribution in [-0.4, -0.2) is 51.9 Å². The van der Waals surface area contributed by atoms with E-state index in [1.807, 2.05) is 18.2 Å². The van der Waals surface area contributed by atoms with Crippen LogP contribution in [0.15, 0.2) is 41.3 Å². The molecule has 0 radical (unpaired) electrons. The van der Waals surface area contributed by atoms with Gasteiger partial charge < -0.3 is 14.8 Å². The molecule has 1 N–H and O–H groups in total. The number of benzene rings is 2. The van der Waals surface area contributed by atoms with Gasteiger partial charge in [0.2, 0.25) is 10.0 Å². The minimum absolute atomic E-state index is 0.0926. The third-order valence-corrected chi connectivity index (χ3v) is 6.98. The number of fused-ring (bicyclic) bond motifs is 1. The number of rotatable bonds is 8. The molecule has 3 rings (SSSR count). The standard InChI is InChI=1S/C22H26N2O6S/c1-15-7-9-18(12-20(15)31(27,28)24(2)3)23-21(25)13-30-22(26)14-29-19-10-8-16-5-4-6-17(16)11-19/h7-12H,4-6,13-14H2,1-3H3,(H,23,25). The summed E-state index contributed by atoms with van der Waals surface area (Å²) in [6, 6.07) is 10.3. The van der Waals surface area contributed by atoms with Crippen LogP contribution >= 0.6 is 0 Å². The SMILES string of the molecule is Cc1ccc(NC(=O)COC(=O)COc2ccc3c(c2)CCC3)cc1S(=O)(=O)N(C)C. The summed E-state index contributed by atoms with van der Waals surface area (Å²) in [6.45, 7) is 0.864. The Kier molecular flexibility index (Phi) is 6.97. The van der Waals surface area contributed by atoms with Crippen molar-refractivity contribution in [2.45, 2.75) is 31.1 Å². The second-order valence-electron chi connectivity index (χ2n) is 7.55. The average molecular weight is 447 g/mol. The Bertz CT molecular complexity index is 1100. The zero-order valence-electron chi connectivity index (χ0n) is 17.8. The molecule has 0 aliphatic heterocycles. The van der Waals surface area contributed by atoms with Crippen LogP contribution in [0.5, 0.6) is 5.75 Å². The summed E-state index contributed by atoms with van der Waals surface area (Å²) in [5, 5.41) is 2.54. The lowest BCUT2D eigenvalue weighted by molar-refractivity contribution is -0.149. The van der Waals surface area contributed by atoms with E-state index in [1.54, 1.807) is 19.1 Å². The minimum Gasteiger partial charge on any atom is -0.482 e. The fourth-order valence-corrected chi connectivity index (χ4v) is 4.46. The molecule has 0 fully saturated rings. The number of ether oxygens (including phenoxy) is 2. The number of aryl methyl sites for hydroxylation is 3. The van der Waals surface area contributed by atoms with E-state index in [-0.39, 0.29) is 11.5 Å². The van der Waals surface area contributed by atoms with Gasteiger partial charge >= 0.3 is 5.97 Å². The number of nitrogens with zero attached hydrogens (tertiary/aromatic N) is 1. The lowest BCUT2D eigenvalue weighted by Crippen LogP contribution is -2.25. The molecule has 1 aliphatic carbocycles. The molecule has 2 aromatic carbocycles. The van der Waals surface area contributed by atoms with Gasteiger partial charge in [-0.3, -0.25) is 4.79 Å². The number of amides is 1. The van der Waals surface area contributed by atoms with Crippen molar-refractivity contribution in [2.75, 3.05) is 32.6 Å². The zero-order valence-corrected chi connectivity index (χ0v) is 18.6. The van der Waals surface area contributed by atoms with Gasteiger partial charge in [0, 0.05) is 19.8 Å². The van der Waals surface area contributed by atoms with Crippen molar-refractivity contribution >= 4 is 27.6 Å². The Morgan fingerprint density at radius 1 is 1.03 bits per heavy atom. The highest BCUT2D eigenvalue weighted by atomic mass is 32.2. The van der Waals surface area contributed by atoms with Gasteiger partial charge in [0.25, 0.3) is 5.91 Å². The normalized spacial score (nSPS) is 13.0. The number of sulfonamides is 1. The maximum absolute atomic E-state index is 12.4. The zero-order chi connectivity index (χ0) is 22.6. The molecule has 2 aromatic rings. The number of hydrogen-bond acceptors (Lipinski definition) is 6. The number of hydrogen-bond donors (Lipinski definition) is 1. The van der Waals surface area contributed by atoms with E-state index in [2.05, 4.69) is 5.32 Å². The van der Waals surface area contributed by atoms with Crippen LogP contribution in [0.25, 0.3) is 0 Å². The topological polar surface area (TPSA) is 102 Å². The van der Waals surface area contributed by atoms with E-state index in [1.165, 1.54) is 31.3 Å². The van der Waals surface area contributed by atoms with Gasteiger partial charge in [0.05, 0.1) is 4.90 Å². The molecule has 8 nitrogen and oxygen atoms in total. The smallest absolute Gasteiger partial charge is 0.344 e. The average Bonchev–Trinajstić information content (AvgIpc) is 3.19. The number of carbonyl (C=O) groups excluding carboxylic acids is 2. The molecule has 0 bridgehead atoms. The fraction of sp³-hybridized carbons (Fsp3) is 0.364. The third kappa shape index (κ3) is 5.62. The van der Waals surface area contributed by atoms with Gasteiger partial charge in [-0.25, -0.2) is 17.5 Å². The van der Waals surface area contributed by atoms with E-state index in [0.29, 0.717) is 17.0 Å².